The van der Waals surface area contributed by atoms with Gasteiger partial charge in [0.2, 0.25) is 0 Å². The van der Waals surface area contributed by atoms with E-state index < -0.39 is 12.7 Å². The first-order chi connectivity index (χ1) is 9.44. The number of ether oxygens (including phenoxy) is 2. The van der Waals surface area contributed by atoms with Crippen molar-refractivity contribution in [3.63, 3.8) is 0 Å². The van der Waals surface area contributed by atoms with Crippen molar-refractivity contribution in [2.75, 3.05) is 39.2 Å². The van der Waals surface area contributed by atoms with E-state index in [1.807, 2.05) is 0 Å². The molecule has 0 saturated heterocycles. The fourth-order valence-corrected chi connectivity index (χ4v) is 1.85. The molecule has 0 saturated carbocycles. The Bertz CT molecular complexity index is 384. The lowest BCUT2D eigenvalue weighted by Crippen LogP contribution is -2.38. The normalized spacial score (nSPS) is 11.7. The number of nitrogens with zero attached hydrogens (tertiary/aromatic N) is 1. The Balaban J connectivity index is 2.39. The summed E-state index contributed by atoms with van der Waals surface area (Å²) in [7, 11) is 1.55. The molecular weight excluding hydrogens is 295 g/mol. The molecule has 0 spiro atoms. The molecule has 3 nitrogen and oxygen atoms in total. The number of hydrogen-bond donors (Lipinski definition) is 0. The van der Waals surface area contributed by atoms with E-state index in [0.717, 1.165) is 0 Å². The zero-order valence-electron chi connectivity index (χ0n) is 11.1. The topological polar surface area (TPSA) is 21.7 Å². The Morgan fingerprint density at radius 2 is 1.70 bits per heavy atom. The molecule has 0 atom stereocenters. The van der Waals surface area contributed by atoms with Crippen molar-refractivity contribution in [1.29, 1.82) is 0 Å². The van der Waals surface area contributed by atoms with E-state index in [0.29, 0.717) is 11.5 Å². The fourth-order valence-electron chi connectivity index (χ4n) is 1.61. The van der Waals surface area contributed by atoms with Crippen LogP contribution in [0.3, 0.4) is 0 Å². The highest BCUT2D eigenvalue weighted by atomic mass is 35.5. The van der Waals surface area contributed by atoms with Gasteiger partial charge in [-0.05, 0) is 24.3 Å². The summed E-state index contributed by atoms with van der Waals surface area (Å²) in [5.41, 5.74) is 0. The molecule has 0 aliphatic carbocycles. The third-order valence-electron chi connectivity index (χ3n) is 2.54. The zero-order valence-corrected chi connectivity index (χ0v) is 11.9. The standard InChI is InChI=1S/C13H17ClF3NO2/c1-19-11-2-4-12(5-3-11)20-9-8-18(7-6-14)10-13(15,16)17/h2-5H,6-10H2,1H3. The third-order valence-corrected chi connectivity index (χ3v) is 2.71. The largest absolute Gasteiger partial charge is 0.497 e. The van der Waals surface area contributed by atoms with Gasteiger partial charge in [0.1, 0.15) is 18.1 Å². The van der Waals surface area contributed by atoms with Crippen LogP contribution in [0.2, 0.25) is 0 Å². The van der Waals surface area contributed by atoms with Gasteiger partial charge in [-0.15, -0.1) is 11.6 Å². The average Bonchev–Trinajstić information content (AvgIpc) is 2.38. The first-order valence-corrected chi connectivity index (χ1v) is 6.60. The summed E-state index contributed by atoms with van der Waals surface area (Å²) >= 11 is 5.49. The number of methoxy groups -OCH3 is 1. The van der Waals surface area contributed by atoms with Crippen LogP contribution in [0.1, 0.15) is 0 Å². The Labute approximate surface area is 121 Å². The van der Waals surface area contributed by atoms with Crippen LogP contribution in [0, 0.1) is 0 Å². The van der Waals surface area contributed by atoms with Gasteiger partial charge in [-0.25, -0.2) is 0 Å². The molecule has 0 N–H and O–H groups in total. The second kappa shape index (κ2) is 8.21. The molecule has 7 heteroatoms. The molecule has 0 aliphatic rings. The number of halogens is 4. The Kier molecular flexibility index (Phi) is 6.95. The van der Waals surface area contributed by atoms with E-state index in [9.17, 15) is 13.2 Å². The molecule has 1 aromatic carbocycles. The first kappa shape index (κ1) is 16.9. The molecule has 0 aromatic heterocycles. The van der Waals surface area contributed by atoms with E-state index in [4.69, 9.17) is 21.1 Å². The highest BCUT2D eigenvalue weighted by molar-refractivity contribution is 6.18. The van der Waals surface area contributed by atoms with E-state index in [2.05, 4.69) is 0 Å². The van der Waals surface area contributed by atoms with Gasteiger partial charge in [0.25, 0.3) is 0 Å². The summed E-state index contributed by atoms with van der Waals surface area (Å²) in [4.78, 5) is 1.22. The molecule has 20 heavy (non-hydrogen) atoms. The monoisotopic (exact) mass is 311 g/mol. The van der Waals surface area contributed by atoms with E-state index in [1.54, 1.807) is 31.4 Å². The highest BCUT2D eigenvalue weighted by Crippen LogP contribution is 2.18. The van der Waals surface area contributed by atoms with Crippen LogP contribution in [0.25, 0.3) is 0 Å². The van der Waals surface area contributed by atoms with Crippen molar-refractivity contribution in [2.24, 2.45) is 0 Å². The van der Waals surface area contributed by atoms with Gasteiger partial charge in [-0.3, -0.25) is 4.90 Å². The molecule has 0 bridgehead atoms. The van der Waals surface area contributed by atoms with Crippen LogP contribution in [0.15, 0.2) is 24.3 Å². The van der Waals surface area contributed by atoms with Gasteiger partial charge in [-0.1, -0.05) is 0 Å². The zero-order chi connectivity index (χ0) is 15.0. The second-order valence-corrected chi connectivity index (χ2v) is 4.48. The van der Waals surface area contributed by atoms with Crippen LogP contribution in [0.4, 0.5) is 13.2 Å². The van der Waals surface area contributed by atoms with Gasteiger partial charge < -0.3 is 9.47 Å². The lowest BCUT2D eigenvalue weighted by Gasteiger charge is -2.22. The molecule has 0 heterocycles. The molecule has 1 rings (SSSR count). The molecule has 0 radical (unpaired) electrons. The summed E-state index contributed by atoms with van der Waals surface area (Å²) < 4.78 is 47.4. The molecule has 0 fully saturated rings. The molecule has 0 amide bonds. The summed E-state index contributed by atoms with van der Waals surface area (Å²) in [6, 6.07) is 6.85. The quantitative estimate of drug-likeness (QED) is 0.688. The van der Waals surface area contributed by atoms with E-state index >= 15 is 0 Å². The summed E-state index contributed by atoms with van der Waals surface area (Å²) in [6.07, 6.45) is -4.23. The van der Waals surface area contributed by atoms with Crippen molar-refractivity contribution in [2.45, 2.75) is 6.18 Å². The SMILES string of the molecule is COc1ccc(OCCN(CCCl)CC(F)(F)F)cc1. The maximum Gasteiger partial charge on any atom is 0.401 e. The van der Waals surface area contributed by atoms with Gasteiger partial charge in [0.15, 0.2) is 0 Å². The lowest BCUT2D eigenvalue weighted by atomic mass is 10.3. The fraction of sp³-hybridized carbons (Fsp3) is 0.538. The van der Waals surface area contributed by atoms with Crippen LogP contribution in [0.5, 0.6) is 11.5 Å². The number of rotatable bonds is 8. The van der Waals surface area contributed by atoms with Gasteiger partial charge in [0, 0.05) is 19.0 Å². The molecule has 0 aliphatic heterocycles. The van der Waals surface area contributed by atoms with Gasteiger partial charge in [-0.2, -0.15) is 13.2 Å². The maximum atomic E-state index is 12.3. The van der Waals surface area contributed by atoms with Crippen LogP contribution in [-0.4, -0.2) is 50.3 Å². The van der Waals surface area contributed by atoms with Crippen LogP contribution < -0.4 is 9.47 Å². The Morgan fingerprint density at radius 1 is 1.10 bits per heavy atom. The Morgan fingerprint density at radius 3 is 2.20 bits per heavy atom. The van der Waals surface area contributed by atoms with Crippen molar-refractivity contribution < 1.29 is 22.6 Å². The van der Waals surface area contributed by atoms with Crippen LogP contribution >= 0.6 is 11.6 Å². The minimum Gasteiger partial charge on any atom is -0.497 e. The second-order valence-electron chi connectivity index (χ2n) is 4.10. The third kappa shape index (κ3) is 6.86. The lowest BCUT2D eigenvalue weighted by molar-refractivity contribution is -0.145. The minimum atomic E-state index is -4.23. The first-order valence-electron chi connectivity index (χ1n) is 6.06. The minimum absolute atomic E-state index is 0.151. The molecular formula is C13H17ClF3NO2. The van der Waals surface area contributed by atoms with Gasteiger partial charge in [0.05, 0.1) is 13.7 Å². The van der Waals surface area contributed by atoms with E-state index in [-0.39, 0.29) is 25.6 Å². The summed E-state index contributed by atoms with van der Waals surface area (Å²) in [5, 5.41) is 0. The summed E-state index contributed by atoms with van der Waals surface area (Å²) in [5.74, 6) is 1.43. The van der Waals surface area contributed by atoms with Crippen molar-refractivity contribution in [3.05, 3.63) is 24.3 Å². The predicted octanol–water partition coefficient (Wildman–Crippen LogP) is 3.18. The van der Waals surface area contributed by atoms with E-state index in [1.165, 1.54) is 4.90 Å². The Hall–Kier alpha value is -1.14. The molecule has 114 valence electrons. The number of hydrogen-bond acceptors (Lipinski definition) is 3. The smallest absolute Gasteiger partial charge is 0.401 e. The van der Waals surface area contributed by atoms with Gasteiger partial charge >= 0.3 is 6.18 Å². The molecule has 0 unspecified atom stereocenters. The average molecular weight is 312 g/mol. The van der Waals surface area contributed by atoms with Crippen molar-refractivity contribution >= 4 is 11.6 Å². The highest BCUT2D eigenvalue weighted by Gasteiger charge is 2.30. The maximum absolute atomic E-state index is 12.3. The number of benzene rings is 1. The number of alkyl halides is 4. The van der Waals surface area contributed by atoms with Crippen molar-refractivity contribution in [3.8, 4) is 11.5 Å². The molecule has 1 aromatic rings. The van der Waals surface area contributed by atoms with Crippen LogP contribution in [-0.2, 0) is 0 Å². The predicted molar refractivity (Wildman–Crippen MR) is 71.7 cm³/mol. The summed E-state index contributed by atoms with van der Waals surface area (Å²) in [6.45, 7) is -0.476. The van der Waals surface area contributed by atoms with Crippen molar-refractivity contribution in [1.82, 2.24) is 4.90 Å².